The Morgan fingerprint density at radius 1 is 1.58 bits per heavy atom. The highest BCUT2D eigenvalue weighted by Gasteiger charge is 2.29. The molecule has 2 aromatic heterocycles. The van der Waals surface area contributed by atoms with E-state index >= 15 is 0 Å². The van der Waals surface area contributed by atoms with Crippen molar-refractivity contribution < 1.29 is 4.79 Å². The molecule has 100 valence electrons. The number of aromatic nitrogens is 2. The van der Waals surface area contributed by atoms with Gasteiger partial charge in [0.05, 0.1) is 11.8 Å². The van der Waals surface area contributed by atoms with Crippen molar-refractivity contribution in [2.24, 2.45) is 0 Å². The van der Waals surface area contributed by atoms with Gasteiger partial charge in [0.15, 0.2) is 0 Å². The van der Waals surface area contributed by atoms with Crippen molar-refractivity contribution in [3.05, 3.63) is 27.6 Å². The van der Waals surface area contributed by atoms with Crippen LogP contribution in [0.3, 0.4) is 0 Å². The van der Waals surface area contributed by atoms with Crippen LogP contribution >= 0.6 is 11.3 Å². The Morgan fingerprint density at radius 2 is 2.32 bits per heavy atom. The second-order valence-corrected chi connectivity index (χ2v) is 5.89. The number of likely N-dealkylation sites (N-methyl/N-ethyl adjacent to an activating group) is 1. The molecule has 5 nitrogen and oxygen atoms in total. The van der Waals surface area contributed by atoms with Crippen LogP contribution in [0.15, 0.2) is 16.5 Å². The number of amides is 1. The summed E-state index contributed by atoms with van der Waals surface area (Å²) in [6.07, 6.45) is 3.61. The maximum absolute atomic E-state index is 12.2. The summed E-state index contributed by atoms with van der Waals surface area (Å²) in [6.45, 7) is 2.01. The number of carbonyl (C=O) groups is 1. The van der Waals surface area contributed by atoms with Crippen molar-refractivity contribution >= 4 is 27.5 Å². The highest BCUT2D eigenvalue weighted by atomic mass is 32.1. The summed E-state index contributed by atoms with van der Waals surface area (Å²) in [5.41, 5.74) is 1.63. The Balaban J connectivity index is 1.90. The minimum atomic E-state index is -0.124. The quantitative estimate of drug-likeness (QED) is 0.852. The average molecular weight is 277 g/mol. The summed E-state index contributed by atoms with van der Waals surface area (Å²) in [7, 11) is 1.80. The van der Waals surface area contributed by atoms with Crippen LogP contribution in [0.1, 0.15) is 18.4 Å². The molecule has 0 atom stereocenters. The first-order chi connectivity index (χ1) is 9.08. The van der Waals surface area contributed by atoms with E-state index in [0.717, 1.165) is 23.9 Å². The molecule has 0 N–H and O–H groups in total. The minimum Gasteiger partial charge on any atom is -0.341 e. The van der Waals surface area contributed by atoms with Crippen molar-refractivity contribution in [3.63, 3.8) is 0 Å². The predicted molar refractivity (Wildman–Crippen MR) is 74.4 cm³/mol. The topological polar surface area (TPSA) is 55.2 Å². The lowest BCUT2D eigenvalue weighted by molar-refractivity contribution is -0.131. The third kappa shape index (κ3) is 2.16. The van der Waals surface area contributed by atoms with Crippen LogP contribution in [0.25, 0.3) is 10.2 Å². The first-order valence-corrected chi connectivity index (χ1v) is 7.15. The summed E-state index contributed by atoms with van der Waals surface area (Å²) < 4.78 is 2.03. The zero-order chi connectivity index (χ0) is 13.6. The molecule has 1 aliphatic carbocycles. The number of hydrogen-bond acceptors (Lipinski definition) is 4. The molecule has 19 heavy (non-hydrogen) atoms. The van der Waals surface area contributed by atoms with Gasteiger partial charge >= 0.3 is 0 Å². The molecule has 0 aliphatic heterocycles. The SMILES string of the molecule is Cc1csc2c(=O)n(CC(=O)N(C)C3CC3)cnc12. The highest BCUT2D eigenvalue weighted by Crippen LogP contribution is 2.25. The second-order valence-electron chi connectivity index (χ2n) is 5.01. The molecule has 2 aromatic rings. The molecule has 2 heterocycles. The van der Waals surface area contributed by atoms with Gasteiger partial charge in [0.2, 0.25) is 5.91 Å². The molecule has 1 amide bonds. The molecule has 0 bridgehead atoms. The lowest BCUT2D eigenvalue weighted by Crippen LogP contribution is -2.35. The molecule has 0 saturated heterocycles. The number of hydrogen-bond donors (Lipinski definition) is 0. The lowest BCUT2D eigenvalue weighted by atomic mass is 10.3. The van der Waals surface area contributed by atoms with Gasteiger partial charge in [-0.15, -0.1) is 11.3 Å². The molecule has 0 unspecified atom stereocenters. The molecule has 6 heteroatoms. The first kappa shape index (κ1) is 12.3. The molecule has 1 saturated carbocycles. The zero-order valence-electron chi connectivity index (χ0n) is 10.9. The largest absolute Gasteiger partial charge is 0.341 e. The third-order valence-corrected chi connectivity index (χ3v) is 4.59. The van der Waals surface area contributed by atoms with Crippen molar-refractivity contribution in [1.29, 1.82) is 0 Å². The van der Waals surface area contributed by atoms with Crippen LogP contribution in [-0.2, 0) is 11.3 Å². The van der Waals surface area contributed by atoms with Crippen LogP contribution < -0.4 is 5.56 Å². The number of aryl methyl sites for hydroxylation is 1. The zero-order valence-corrected chi connectivity index (χ0v) is 11.7. The standard InChI is InChI=1S/C13H15N3O2S/c1-8-6-19-12-11(8)14-7-16(13(12)18)5-10(17)15(2)9-3-4-9/h6-7,9H,3-5H2,1-2H3. The van der Waals surface area contributed by atoms with E-state index in [0.29, 0.717) is 10.7 Å². The van der Waals surface area contributed by atoms with Crippen LogP contribution in [0.5, 0.6) is 0 Å². The van der Waals surface area contributed by atoms with Gasteiger partial charge in [0, 0.05) is 13.1 Å². The minimum absolute atomic E-state index is 0.0287. The molecule has 1 fully saturated rings. The van der Waals surface area contributed by atoms with E-state index in [9.17, 15) is 9.59 Å². The third-order valence-electron chi connectivity index (χ3n) is 3.52. The molecular formula is C13H15N3O2S. The predicted octanol–water partition coefficient (Wildman–Crippen LogP) is 1.39. The van der Waals surface area contributed by atoms with E-state index < -0.39 is 0 Å². The second kappa shape index (κ2) is 4.45. The molecule has 3 rings (SSSR count). The summed E-state index contributed by atoms with van der Waals surface area (Å²) in [4.78, 5) is 30.3. The maximum Gasteiger partial charge on any atom is 0.271 e. The van der Waals surface area contributed by atoms with Gasteiger partial charge in [0.25, 0.3) is 5.56 Å². The van der Waals surface area contributed by atoms with E-state index in [1.165, 1.54) is 22.2 Å². The first-order valence-electron chi connectivity index (χ1n) is 6.27. The Bertz CT molecular complexity index is 699. The normalized spacial score (nSPS) is 14.8. The summed E-state index contributed by atoms with van der Waals surface area (Å²) in [5.74, 6) is -0.0287. The van der Waals surface area contributed by atoms with E-state index in [1.807, 2.05) is 12.3 Å². The number of thiophene rings is 1. The fraction of sp³-hybridized carbons (Fsp3) is 0.462. The Morgan fingerprint density at radius 3 is 3.00 bits per heavy atom. The maximum atomic E-state index is 12.2. The van der Waals surface area contributed by atoms with E-state index in [-0.39, 0.29) is 18.0 Å². The number of carbonyl (C=O) groups excluding carboxylic acids is 1. The van der Waals surface area contributed by atoms with Crippen molar-refractivity contribution in [2.45, 2.75) is 32.4 Å². The van der Waals surface area contributed by atoms with Gasteiger partial charge in [0.1, 0.15) is 11.2 Å². The fourth-order valence-electron chi connectivity index (χ4n) is 2.10. The molecular weight excluding hydrogens is 262 g/mol. The number of rotatable bonds is 3. The lowest BCUT2D eigenvalue weighted by Gasteiger charge is -2.16. The van der Waals surface area contributed by atoms with Gasteiger partial charge in [-0.05, 0) is 30.7 Å². The Kier molecular flexibility index (Phi) is 2.89. The number of nitrogens with zero attached hydrogens (tertiary/aromatic N) is 3. The molecule has 0 radical (unpaired) electrons. The van der Waals surface area contributed by atoms with Crippen molar-refractivity contribution in [3.8, 4) is 0 Å². The highest BCUT2D eigenvalue weighted by molar-refractivity contribution is 7.17. The van der Waals surface area contributed by atoms with E-state index in [2.05, 4.69) is 4.98 Å². The number of fused-ring (bicyclic) bond motifs is 1. The smallest absolute Gasteiger partial charge is 0.271 e. The summed E-state index contributed by atoms with van der Waals surface area (Å²) in [5, 5.41) is 1.92. The van der Waals surface area contributed by atoms with Crippen molar-refractivity contribution in [2.75, 3.05) is 7.05 Å². The van der Waals surface area contributed by atoms with Crippen LogP contribution in [0.2, 0.25) is 0 Å². The Hall–Kier alpha value is -1.69. The van der Waals surface area contributed by atoms with Crippen LogP contribution in [0, 0.1) is 6.92 Å². The van der Waals surface area contributed by atoms with Crippen LogP contribution in [0.4, 0.5) is 0 Å². The van der Waals surface area contributed by atoms with E-state index in [1.54, 1.807) is 11.9 Å². The Labute approximate surface area is 114 Å². The van der Waals surface area contributed by atoms with Gasteiger partial charge in [-0.25, -0.2) is 4.98 Å². The summed E-state index contributed by atoms with van der Waals surface area (Å²) in [6, 6.07) is 0.365. The fourth-order valence-corrected chi connectivity index (χ4v) is 3.05. The van der Waals surface area contributed by atoms with Gasteiger partial charge in [-0.2, -0.15) is 0 Å². The average Bonchev–Trinajstić information content (AvgIpc) is 3.17. The van der Waals surface area contributed by atoms with Crippen LogP contribution in [-0.4, -0.2) is 33.4 Å². The molecule has 0 spiro atoms. The monoisotopic (exact) mass is 277 g/mol. The molecule has 0 aromatic carbocycles. The van der Waals surface area contributed by atoms with Gasteiger partial charge < -0.3 is 4.90 Å². The summed E-state index contributed by atoms with van der Waals surface area (Å²) >= 11 is 1.39. The van der Waals surface area contributed by atoms with E-state index in [4.69, 9.17) is 0 Å². The van der Waals surface area contributed by atoms with Gasteiger partial charge in [-0.1, -0.05) is 0 Å². The molecule has 1 aliphatic rings. The van der Waals surface area contributed by atoms with Crippen molar-refractivity contribution in [1.82, 2.24) is 14.5 Å². The van der Waals surface area contributed by atoms with Gasteiger partial charge in [-0.3, -0.25) is 14.2 Å².